The van der Waals surface area contributed by atoms with E-state index in [-0.39, 0.29) is 0 Å². The van der Waals surface area contributed by atoms with E-state index >= 15 is 0 Å². The smallest absolute Gasteiger partial charge is 0.338 e. The molecule has 0 aliphatic carbocycles. The Morgan fingerprint density at radius 3 is 2.52 bits per heavy atom. The second-order valence-electron chi connectivity index (χ2n) is 6.35. The van der Waals surface area contributed by atoms with Crippen LogP contribution in [-0.2, 0) is 11.8 Å². The lowest BCUT2D eigenvalue weighted by molar-refractivity contribution is 0.0603. The van der Waals surface area contributed by atoms with Gasteiger partial charge in [-0.1, -0.05) is 18.2 Å². The highest BCUT2D eigenvalue weighted by atomic mass is 16.5. The fraction of sp³-hybridized carbons (Fsp3) is 0.200. The second-order valence-corrected chi connectivity index (χ2v) is 6.35. The highest BCUT2D eigenvalue weighted by molar-refractivity contribution is 6.05. The maximum absolute atomic E-state index is 12.5. The van der Waals surface area contributed by atoms with E-state index in [0.29, 0.717) is 22.3 Å². The molecular weight excluding hydrogens is 342 g/mol. The highest BCUT2D eigenvalue weighted by Gasteiger charge is 2.22. The predicted molar refractivity (Wildman–Crippen MR) is 102 cm³/mol. The zero-order valence-corrected chi connectivity index (χ0v) is 15.6. The maximum atomic E-state index is 12.5. The molecule has 0 amide bonds. The van der Waals surface area contributed by atoms with Gasteiger partial charge in [0.15, 0.2) is 5.65 Å². The Hall–Kier alpha value is -3.48. The van der Waals surface area contributed by atoms with Gasteiger partial charge in [-0.25, -0.2) is 14.5 Å². The first-order chi connectivity index (χ1) is 13.0. The Labute approximate surface area is 156 Å². The lowest BCUT2D eigenvalue weighted by Crippen LogP contribution is -2.05. The van der Waals surface area contributed by atoms with Crippen LogP contribution in [0.15, 0.2) is 42.6 Å². The number of hydrogen-bond acceptors (Lipinski definition) is 5. The number of carbonyl (C=O) groups is 1. The Balaban J connectivity index is 2.07. The van der Waals surface area contributed by atoms with Crippen molar-refractivity contribution in [3.63, 3.8) is 0 Å². The molecule has 0 aliphatic rings. The Morgan fingerprint density at radius 2 is 1.89 bits per heavy atom. The van der Waals surface area contributed by atoms with E-state index in [9.17, 15) is 4.79 Å². The largest absolute Gasteiger partial charge is 0.465 e. The number of hydrogen-bond donors (Lipinski definition) is 0. The molecule has 7 nitrogen and oxygen atoms in total. The summed E-state index contributed by atoms with van der Waals surface area (Å²) in [6.07, 6.45) is 1.75. The average Bonchev–Trinajstić information content (AvgIpc) is 3.21. The van der Waals surface area contributed by atoms with E-state index in [2.05, 4.69) is 10.2 Å². The summed E-state index contributed by atoms with van der Waals surface area (Å²) in [6, 6.07) is 11.5. The van der Waals surface area contributed by atoms with E-state index in [1.54, 1.807) is 21.6 Å². The molecule has 3 heterocycles. The number of fused-ring (bicyclic) bond motifs is 1. The molecule has 0 bridgehead atoms. The van der Waals surface area contributed by atoms with Crippen molar-refractivity contribution >= 4 is 17.0 Å². The van der Waals surface area contributed by atoms with Gasteiger partial charge in [-0.15, -0.1) is 0 Å². The van der Waals surface area contributed by atoms with Crippen LogP contribution in [-0.4, -0.2) is 37.6 Å². The van der Waals surface area contributed by atoms with Crippen molar-refractivity contribution in [2.75, 3.05) is 7.11 Å². The van der Waals surface area contributed by atoms with Gasteiger partial charge in [-0.3, -0.25) is 4.68 Å². The minimum Gasteiger partial charge on any atom is -0.465 e. The molecule has 0 atom stereocenters. The molecule has 0 saturated heterocycles. The van der Waals surface area contributed by atoms with Crippen molar-refractivity contribution in [3.8, 4) is 16.9 Å². The van der Waals surface area contributed by atoms with Crippen LogP contribution in [0, 0.1) is 13.8 Å². The third-order valence-electron chi connectivity index (χ3n) is 4.73. The van der Waals surface area contributed by atoms with Crippen molar-refractivity contribution in [3.05, 3.63) is 59.5 Å². The van der Waals surface area contributed by atoms with Crippen molar-refractivity contribution in [1.29, 1.82) is 0 Å². The molecule has 0 unspecified atom stereocenters. The molecule has 1 aromatic carbocycles. The lowest BCUT2D eigenvalue weighted by atomic mass is 10.1. The molecule has 0 N–H and O–H groups in total. The van der Waals surface area contributed by atoms with Gasteiger partial charge >= 0.3 is 5.97 Å². The third kappa shape index (κ3) is 2.68. The van der Waals surface area contributed by atoms with Gasteiger partial charge in [0, 0.05) is 18.3 Å². The number of methoxy groups -OCH3 is 1. The second kappa shape index (κ2) is 6.35. The molecule has 136 valence electrons. The van der Waals surface area contributed by atoms with Crippen molar-refractivity contribution in [2.45, 2.75) is 13.8 Å². The number of aromatic nitrogens is 5. The van der Waals surface area contributed by atoms with Crippen molar-refractivity contribution in [2.24, 2.45) is 7.05 Å². The quantitative estimate of drug-likeness (QED) is 0.524. The molecule has 0 saturated carbocycles. The molecule has 7 heteroatoms. The van der Waals surface area contributed by atoms with Gasteiger partial charge in [0.05, 0.1) is 41.3 Å². The highest BCUT2D eigenvalue weighted by Crippen LogP contribution is 2.30. The normalized spacial score (nSPS) is 11.1. The number of ether oxygens (including phenoxy) is 1. The number of benzene rings is 1. The number of carbonyl (C=O) groups excluding carboxylic acids is 1. The van der Waals surface area contributed by atoms with E-state index in [0.717, 1.165) is 22.6 Å². The summed E-state index contributed by atoms with van der Waals surface area (Å²) < 4.78 is 8.55. The first-order valence-electron chi connectivity index (χ1n) is 8.54. The Morgan fingerprint density at radius 1 is 1.15 bits per heavy atom. The van der Waals surface area contributed by atoms with E-state index in [1.807, 2.05) is 51.2 Å². The minimum absolute atomic E-state index is 0.416. The van der Waals surface area contributed by atoms with E-state index in [1.165, 1.54) is 7.11 Å². The van der Waals surface area contributed by atoms with E-state index < -0.39 is 5.97 Å². The molecule has 4 rings (SSSR count). The number of pyridine rings is 1. The van der Waals surface area contributed by atoms with Crippen LogP contribution in [0.2, 0.25) is 0 Å². The summed E-state index contributed by atoms with van der Waals surface area (Å²) in [6.45, 7) is 3.83. The van der Waals surface area contributed by atoms with Gasteiger partial charge < -0.3 is 4.74 Å². The first kappa shape index (κ1) is 17.0. The van der Waals surface area contributed by atoms with Gasteiger partial charge in [-0.05, 0) is 32.0 Å². The maximum Gasteiger partial charge on any atom is 0.338 e. The van der Waals surface area contributed by atoms with Crippen LogP contribution in [0.3, 0.4) is 0 Å². The van der Waals surface area contributed by atoms with Gasteiger partial charge in [0.1, 0.15) is 0 Å². The molecule has 4 aromatic rings. The summed E-state index contributed by atoms with van der Waals surface area (Å²) in [5.41, 5.74) is 5.13. The number of aryl methyl sites for hydroxylation is 2. The van der Waals surface area contributed by atoms with Crippen LogP contribution < -0.4 is 0 Å². The van der Waals surface area contributed by atoms with Crippen LogP contribution in [0.1, 0.15) is 21.7 Å². The number of para-hydroxylation sites is 1. The number of esters is 1. The average molecular weight is 361 g/mol. The molecule has 0 spiro atoms. The molecule has 3 aromatic heterocycles. The molecule has 0 aliphatic heterocycles. The molecule has 27 heavy (non-hydrogen) atoms. The Bertz CT molecular complexity index is 1160. The van der Waals surface area contributed by atoms with E-state index in [4.69, 9.17) is 9.72 Å². The van der Waals surface area contributed by atoms with Crippen LogP contribution >= 0.6 is 0 Å². The topological polar surface area (TPSA) is 74.8 Å². The molecular formula is C20H19N5O2. The number of nitrogens with zero attached hydrogens (tertiary/aromatic N) is 5. The zero-order valence-electron chi connectivity index (χ0n) is 15.6. The molecule has 0 fully saturated rings. The predicted octanol–water partition coefficient (Wildman–Crippen LogP) is 3.22. The van der Waals surface area contributed by atoms with Gasteiger partial charge in [0.25, 0.3) is 0 Å². The summed E-state index contributed by atoms with van der Waals surface area (Å²) in [5, 5.41) is 9.61. The van der Waals surface area contributed by atoms with Crippen molar-refractivity contribution in [1.82, 2.24) is 24.5 Å². The Kier molecular flexibility index (Phi) is 3.99. The summed E-state index contributed by atoms with van der Waals surface area (Å²) in [7, 11) is 3.25. The van der Waals surface area contributed by atoms with Crippen LogP contribution in [0.4, 0.5) is 0 Å². The fourth-order valence-electron chi connectivity index (χ4n) is 3.20. The van der Waals surface area contributed by atoms with Crippen LogP contribution in [0.5, 0.6) is 0 Å². The van der Waals surface area contributed by atoms with Gasteiger partial charge in [-0.2, -0.15) is 10.2 Å². The van der Waals surface area contributed by atoms with Crippen molar-refractivity contribution < 1.29 is 9.53 Å². The lowest BCUT2D eigenvalue weighted by Gasteiger charge is -2.08. The van der Waals surface area contributed by atoms with Gasteiger partial charge in [0.2, 0.25) is 0 Å². The third-order valence-corrected chi connectivity index (χ3v) is 4.73. The minimum atomic E-state index is -0.416. The number of rotatable bonds is 3. The first-order valence-corrected chi connectivity index (χ1v) is 8.54. The standard InChI is InChI=1S/C20H19N5O2/c1-12-18-15(20(26)27-4)10-17(16-11-21-24(3)13(16)2)22-19(18)25(23-12)14-8-6-5-7-9-14/h5-11H,1-4H3. The summed E-state index contributed by atoms with van der Waals surface area (Å²) in [4.78, 5) is 17.3. The summed E-state index contributed by atoms with van der Waals surface area (Å²) >= 11 is 0. The zero-order chi connectivity index (χ0) is 19.1. The SMILES string of the molecule is COC(=O)c1cc(-c2cnn(C)c2C)nc2c1c(C)nn2-c1ccccc1. The molecule has 0 radical (unpaired) electrons. The van der Waals surface area contributed by atoms with Crippen LogP contribution in [0.25, 0.3) is 28.0 Å². The fourth-order valence-corrected chi connectivity index (χ4v) is 3.20. The summed E-state index contributed by atoms with van der Waals surface area (Å²) in [5.74, 6) is -0.416. The monoisotopic (exact) mass is 361 g/mol.